The zero-order chi connectivity index (χ0) is 13.8. The molecule has 1 rings (SSSR count). The van der Waals surface area contributed by atoms with Gasteiger partial charge in [0, 0.05) is 31.0 Å². The van der Waals surface area contributed by atoms with Gasteiger partial charge in [-0.15, -0.1) is 0 Å². The van der Waals surface area contributed by atoms with Crippen LogP contribution in [0.15, 0.2) is 11.2 Å². The quantitative estimate of drug-likeness (QED) is 0.765. The van der Waals surface area contributed by atoms with Crippen LogP contribution in [0.4, 0.5) is 0 Å². The molecule has 0 radical (unpaired) electrons. The van der Waals surface area contributed by atoms with Gasteiger partial charge in [-0.25, -0.2) is 8.42 Å². The van der Waals surface area contributed by atoms with Gasteiger partial charge in [-0.05, 0) is 20.2 Å². The summed E-state index contributed by atoms with van der Waals surface area (Å²) in [7, 11) is -0.143. The summed E-state index contributed by atoms with van der Waals surface area (Å²) in [5, 5.41) is 9.50. The third-order valence-corrected chi connectivity index (χ3v) is 5.51. The minimum absolute atomic E-state index is 0.0595. The number of hydrogen-bond acceptors (Lipinski definition) is 5. The van der Waals surface area contributed by atoms with Crippen molar-refractivity contribution in [3.05, 3.63) is 11.8 Å². The van der Waals surface area contributed by atoms with Gasteiger partial charge < -0.3 is 5.32 Å². The van der Waals surface area contributed by atoms with Gasteiger partial charge in [0.05, 0.1) is 6.20 Å². The summed E-state index contributed by atoms with van der Waals surface area (Å²) in [6.45, 7) is 2.36. The van der Waals surface area contributed by atoms with Gasteiger partial charge in [0.2, 0.25) is 0 Å². The number of aromatic amines is 1. The van der Waals surface area contributed by atoms with Gasteiger partial charge in [-0.1, -0.05) is 0 Å². The molecule has 8 heteroatoms. The normalized spacial score (nSPS) is 14.1. The second-order valence-corrected chi connectivity index (χ2v) is 6.93. The van der Waals surface area contributed by atoms with Gasteiger partial charge in [-0.3, -0.25) is 5.10 Å². The Morgan fingerprint density at radius 3 is 2.83 bits per heavy atom. The van der Waals surface area contributed by atoms with Crippen LogP contribution in [-0.4, -0.2) is 55.1 Å². The van der Waals surface area contributed by atoms with E-state index in [2.05, 4.69) is 15.5 Å². The lowest BCUT2D eigenvalue weighted by Gasteiger charge is -2.23. The van der Waals surface area contributed by atoms with Crippen molar-refractivity contribution in [3.63, 3.8) is 0 Å². The Bertz CT molecular complexity index is 472. The van der Waals surface area contributed by atoms with Crippen LogP contribution in [0.3, 0.4) is 0 Å². The molecule has 0 aliphatic rings. The highest BCUT2D eigenvalue weighted by Gasteiger charge is 2.28. The smallest absolute Gasteiger partial charge is 0.260 e. The monoisotopic (exact) mass is 292 g/mol. The van der Waals surface area contributed by atoms with E-state index in [1.54, 1.807) is 25.9 Å². The second-order valence-electron chi connectivity index (χ2n) is 4.08. The summed E-state index contributed by atoms with van der Waals surface area (Å²) in [6, 6.07) is -0.0595. The molecule has 1 aromatic rings. The van der Waals surface area contributed by atoms with Gasteiger partial charge in [0.25, 0.3) is 10.0 Å². The zero-order valence-electron chi connectivity index (χ0n) is 11.1. The fourth-order valence-corrected chi connectivity index (χ4v) is 3.83. The van der Waals surface area contributed by atoms with Gasteiger partial charge in [-0.2, -0.15) is 21.2 Å². The first-order valence-corrected chi connectivity index (χ1v) is 8.42. The highest BCUT2D eigenvalue weighted by atomic mass is 32.2. The largest absolute Gasteiger partial charge is 0.316 e. The molecule has 18 heavy (non-hydrogen) atoms. The number of rotatable bonds is 7. The van der Waals surface area contributed by atoms with Crippen LogP contribution < -0.4 is 5.32 Å². The second kappa shape index (κ2) is 6.55. The number of nitrogens with one attached hydrogen (secondary N) is 2. The molecule has 6 nitrogen and oxygen atoms in total. The molecule has 1 unspecified atom stereocenters. The van der Waals surface area contributed by atoms with Gasteiger partial charge in [0.15, 0.2) is 5.03 Å². The first-order valence-electron chi connectivity index (χ1n) is 5.59. The molecular formula is C10H20N4O2S2. The van der Waals surface area contributed by atoms with E-state index >= 15 is 0 Å². The van der Waals surface area contributed by atoms with Crippen LogP contribution in [0, 0.1) is 0 Å². The van der Waals surface area contributed by atoms with Gasteiger partial charge in [0.1, 0.15) is 0 Å². The van der Waals surface area contributed by atoms with Crippen LogP contribution in [0.5, 0.6) is 0 Å². The van der Waals surface area contributed by atoms with E-state index in [9.17, 15) is 8.42 Å². The van der Waals surface area contributed by atoms with Crippen LogP contribution in [0.25, 0.3) is 0 Å². The van der Waals surface area contributed by atoms with E-state index < -0.39 is 10.0 Å². The van der Waals surface area contributed by atoms with Crippen LogP contribution in [0.2, 0.25) is 0 Å². The Balaban J connectivity index is 3.01. The van der Waals surface area contributed by atoms with E-state index in [4.69, 9.17) is 0 Å². The highest BCUT2D eigenvalue weighted by molar-refractivity contribution is 7.98. The number of hydrogen-bond donors (Lipinski definition) is 2. The molecule has 2 N–H and O–H groups in total. The lowest BCUT2D eigenvalue weighted by Crippen LogP contribution is -2.37. The molecule has 104 valence electrons. The molecule has 1 heterocycles. The summed E-state index contributed by atoms with van der Waals surface area (Å²) in [5.41, 5.74) is 0.653. The third kappa shape index (κ3) is 3.25. The standard InChI is InChI=1S/C10H20N4O2S2/c1-8(7-17-4)14(3)18(15,16)10-9(5-11-2)6-12-13-10/h6,8,11H,5,7H2,1-4H3,(H,12,13). The molecule has 0 bridgehead atoms. The molecule has 1 atom stereocenters. The van der Waals surface area contributed by atoms with Crippen molar-refractivity contribution in [2.24, 2.45) is 0 Å². The average molecular weight is 292 g/mol. The van der Waals surface area contributed by atoms with Crippen molar-refractivity contribution in [1.82, 2.24) is 19.8 Å². The summed E-state index contributed by atoms with van der Waals surface area (Å²) < 4.78 is 26.2. The lowest BCUT2D eigenvalue weighted by molar-refractivity contribution is 0.412. The molecule has 0 saturated heterocycles. The molecule has 0 aromatic carbocycles. The molecule has 0 amide bonds. The minimum Gasteiger partial charge on any atom is -0.316 e. The zero-order valence-corrected chi connectivity index (χ0v) is 12.7. The van der Waals surface area contributed by atoms with Crippen molar-refractivity contribution in [2.45, 2.75) is 24.5 Å². The van der Waals surface area contributed by atoms with E-state index in [1.807, 2.05) is 13.2 Å². The van der Waals surface area contributed by atoms with E-state index in [1.165, 1.54) is 10.5 Å². The summed E-state index contributed by atoms with van der Waals surface area (Å²) in [4.78, 5) is 0. The number of aromatic nitrogens is 2. The van der Waals surface area contributed by atoms with Crippen LogP contribution in [-0.2, 0) is 16.6 Å². The number of H-pyrrole nitrogens is 1. The maximum atomic E-state index is 12.4. The Kier molecular flexibility index (Phi) is 5.64. The summed E-state index contributed by atoms with van der Waals surface area (Å²) in [6.07, 6.45) is 3.50. The number of thioether (sulfide) groups is 1. The fraction of sp³-hybridized carbons (Fsp3) is 0.700. The van der Waals surface area contributed by atoms with Crippen molar-refractivity contribution in [1.29, 1.82) is 0 Å². The molecule has 0 fully saturated rings. The maximum absolute atomic E-state index is 12.4. The van der Waals surface area contributed by atoms with Crippen LogP contribution >= 0.6 is 11.8 Å². The number of sulfonamides is 1. The molecule has 0 aliphatic heterocycles. The SMILES string of the molecule is CNCc1cn[nH]c1S(=O)(=O)N(C)C(C)CSC. The minimum atomic E-state index is -3.51. The Labute approximate surface area is 113 Å². The predicted octanol–water partition coefficient (Wildman–Crippen LogP) is 0.501. The molecule has 0 saturated carbocycles. The van der Waals surface area contributed by atoms with Crippen LogP contribution in [0.1, 0.15) is 12.5 Å². The Morgan fingerprint density at radius 1 is 1.61 bits per heavy atom. The van der Waals surface area contributed by atoms with E-state index in [0.29, 0.717) is 12.1 Å². The highest BCUT2D eigenvalue weighted by Crippen LogP contribution is 2.19. The van der Waals surface area contributed by atoms with Crippen molar-refractivity contribution >= 4 is 21.8 Å². The Hall–Kier alpha value is -0.570. The van der Waals surface area contributed by atoms with Crippen molar-refractivity contribution < 1.29 is 8.42 Å². The van der Waals surface area contributed by atoms with E-state index in [0.717, 1.165) is 5.75 Å². The van der Waals surface area contributed by atoms with Crippen molar-refractivity contribution in [2.75, 3.05) is 26.1 Å². The molecule has 0 spiro atoms. The molecule has 0 aliphatic carbocycles. The molecular weight excluding hydrogens is 272 g/mol. The third-order valence-electron chi connectivity index (χ3n) is 2.71. The Morgan fingerprint density at radius 2 is 2.28 bits per heavy atom. The average Bonchev–Trinajstić information content (AvgIpc) is 2.77. The summed E-state index contributed by atoms with van der Waals surface area (Å²) in [5.74, 6) is 0.755. The first-order chi connectivity index (χ1) is 8.45. The number of nitrogens with zero attached hydrogens (tertiary/aromatic N) is 2. The maximum Gasteiger partial charge on any atom is 0.260 e. The fourth-order valence-electron chi connectivity index (χ4n) is 1.57. The first kappa shape index (κ1) is 15.5. The van der Waals surface area contributed by atoms with Gasteiger partial charge >= 0.3 is 0 Å². The van der Waals surface area contributed by atoms with Crippen molar-refractivity contribution in [3.8, 4) is 0 Å². The summed E-state index contributed by atoms with van der Waals surface area (Å²) >= 11 is 1.62. The lowest BCUT2D eigenvalue weighted by atomic mass is 10.4. The van der Waals surface area contributed by atoms with E-state index in [-0.39, 0.29) is 11.1 Å². The molecule has 1 aromatic heterocycles. The topological polar surface area (TPSA) is 78.1 Å². The predicted molar refractivity (Wildman–Crippen MR) is 74.1 cm³/mol.